The zero-order valence-corrected chi connectivity index (χ0v) is 7.32. The highest BCUT2D eigenvalue weighted by atomic mass is 32.1. The minimum atomic E-state index is 0.575. The van der Waals surface area contributed by atoms with E-state index >= 15 is 0 Å². The van der Waals surface area contributed by atoms with Gasteiger partial charge in [-0.05, 0) is 6.42 Å². The number of hydrogen-bond donors (Lipinski definition) is 3. The highest BCUT2D eigenvalue weighted by Gasteiger charge is 2.16. The fourth-order valence-electron chi connectivity index (χ4n) is 1.18. The zero-order chi connectivity index (χ0) is 7.40. The lowest BCUT2D eigenvalue weighted by atomic mass is 10.1. The third-order valence-corrected chi connectivity index (χ3v) is 2.46. The van der Waals surface area contributed by atoms with E-state index in [9.17, 15) is 0 Å². The number of rotatable bonds is 2. The Kier molecular flexibility index (Phi) is 3.52. The second-order valence-electron chi connectivity index (χ2n) is 2.80. The van der Waals surface area contributed by atoms with E-state index in [4.69, 9.17) is 0 Å². The van der Waals surface area contributed by atoms with Crippen LogP contribution in [0.4, 0.5) is 0 Å². The minimum absolute atomic E-state index is 0.575. The van der Waals surface area contributed by atoms with Crippen molar-refractivity contribution in [3.63, 3.8) is 0 Å². The van der Waals surface area contributed by atoms with E-state index in [1.165, 1.54) is 6.42 Å². The van der Waals surface area contributed by atoms with Gasteiger partial charge in [-0.15, -0.1) is 0 Å². The van der Waals surface area contributed by atoms with E-state index in [2.05, 4.69) is 30.2 Å². The molecule has 0 amide bonds. The molecule has 0 aromatic carbocycles. The Morgan fingerprint density at radius 3 is 2.30 bits per heavy atom. The van der Waals surface area contributed by atoms with Crippen LogP contribution < -0.4 is 10.6 Å². The Hall–Kier alpha value is 0.270. The van der Waals surface area contributed by atoms with Gasteiger partial charge in [0.25, 0.3) is 0 Å². The number of hydrogen-bond acceptors (Lipinski definition) is 3. The van der Waals surface area contributed by atoms with Gasteiger partial charge >= 0.3 is 0 Å². The molecule has 1 heterocycles. The molecule has 1 aliphatic rings. The van der Waals surface area contributed by atoms with Gasteiger partial charge in [-0.25, -0.2) is 0 Å². The molecule has 60 valence electrons. The molecule has 0 bridgehead atoms. The lowest BCUT2D eigenvalue weighted by Crippen LogP contribution is -2.54. The summed E-state index contributed by atoms with van der Waals surface area (Å²) < 4.78 is 0. The standard InChI is InChI=1S/C7H16N2S/c1-2-6-3-9-7(5-10)4-8-6/h6-10H,2-5H2,1H3/t6-,7-/m0/s1. The molecule has 2 atom stereocenters. The first-order valence-corrected chi connectivity index (χ1v) is 4.57. The van der Waals surface area contributed by atoms with Crippen molar-refractivity contribution in [2.75, 3.05) is 18.8 Å². The summed E-state index contributed by atoms with van der Waals surface area (Å²) in [6.45, 7) is 4.38. The van der Waals surface area contributed by atoms with Crippen molar-refractivity contribution in [2.45, 2.75) is 25.4 Å². The lowest BCUT2D eigenvalue weighted by molar-refractivity contribution is 0.357. The molecule has 0 spiro atoms. The molecule has 3 heteroatoms. The first kappa shape index (κ1) is 8.37. The van der Waals surface area contributed by atoms with Gasteiger partial charge in [-0.2, -0.15) is 12.6 Å². The van der Waals surface area contributed by atoms with E-state index in [0.29, 0.717) is 12.1 Å². The molecule has 1 saturated heterocycles. The molecule has 0 unspecified atom stereocenters. The summed E-state index contributed by atoms with van der Waals surface area (Å²) in [7, 11) is 0. The molecule has 1 aliphatic heterocycles. The molecule has 0 aromatic heterocycles. The van der Waals surface area contributed by atoms with Crippen LogP contribution in [0.2, 0.25) is 0 Å². The molecule has 2 N–H and O–H groups in total. The van der Waals surface area contributed by atoms with Crippen molar-refractivity contribution in [3.05, 3.63) is 0 Å². The summed E-state index contributed by atoms with van der Waals surface area (Å²) in [4.78, 5) is 0. The minimum Gasteiger partial charge on any atom is -0.311 e. The molecule has 1 rings (SSSR count). The van der Waals surface area contributed by atoms with Crippen LogP contribution in [0.1, 0.15) is 13.3 Å². The summed E-state index contributed by atoms with van der Waals surface area (Å²) in [6.07, 6.45) is 1.21. The van der Waals surface area contributed by atoms with Gasteiger partial charge in [0.05, 0.1) is 0 Å². The van der Waals surface area contributed by atoms with Gasteiger partial charge in [-0.3, -0.25) is 0 Å². The van der Waals surface area contributed by atoms with Gasteiger partial charge in [0.15, 0.2) is 0 Å². The number of nitrogens with one attached hydrogen (secondary N) is 2. The van der Waals surface area contributed by atoms with Crippen LogP contribution in [0.25, 0.3) is 0 Å². The van der Waals surface area contributed by atoms with Crippen molar-refractivity contribution in [2.24, 2.45) is 0 Å². The number of piperazine rings is 1. The van der Waals surface area contributed by atoms with Gasteiger partial charge < -0.3 is 10.6 Å². The van der Waals surface area contributed by atoms with E-state index in [1.807, 2.05) is 0 Å². The Morgan fingerprint density at radius 1 is 1.30 bits per heavy atom. The Bertz CT molecular complexity index is 77.6. The highest BCUT2D eigenvalue weighted by molar-refractivity contribution is 7.80. The Labute approximate surface area is 68.2 Å². The first-order chi connectivity index (χ1) is 4.86. The molecule has 2 nitrogen and oxygen atoms in total. The molecular formula is C7H16N2S. The fourth-order valence-corrected chi connectivity index (χ4v) is 1.44. The van der Waals surface area contributed by atoms with Crippen molar-refractivity contribution < 1.29 is 0 Å². The van der Waals surface area contributed by atoms with Crippen LogP contribution in [0.15, 0.2) is 0 Å². The average molecular weight is 160 g/mol. The van der Waals surface area contributed by atoms with Crippen LogP contribution in [-0.4, -0.2) is 30.9 Å². The maximum atomic E-state index is 4.22. The topological polar surface area (TPSA) is 24.1 Å². The molecule has 0 radical (unpaired) electrons. The normalized spacial score (nSPS) is 34.2. The van der Waals surface area contributed by atoms with Gasteiger partial charge in [0.2, 0.25) is 0 Å². The highest BCUT2D eigenvalue weighted by Crippen LogP contribution is 1.97. The average Bonchev–Trinajstić information content (AvgIpc) is 2.05. The van der Waals surface area contributed by atoms with E-state index in [-0.39, 0.29) is 0 Å². The largest absolute Gasteiger partial charge is 0.311 e. The molecule has 0 saturated carbocycles. The quantitative estimate of drug-likeness (QED) is 0.505. The molecule has 1 fully saturated rings. The maximum Gasteiger partial charge on any atom is 0.0281 e. The van der Waals surface area contributed by atoms with Crippen LogP contribution in [0, 0.1) is 0 Å². The molecular weight excluding hydrogens is 144 g/mol. The van der Waals surface area contributed by atoms with Gasteiger partial charge in [-0.1, -0.05) is 6.92 Å². The van der Waals surface area contributed by atoms with E-state index in [0.717, 1.165) is 18.8 Å². The Morgan fingerprint density at radius 2 is 1.90 bits per heavy atom. The first-order valence-electron chi connectivity index (χ1n) is 3.94. The van der Waals surface area contributed by atoms with E-state index < -0.39 is 0 Å². The van der Waals surface area contributed by atoms with Crippen LogP contribution in [0.3, 0.4) is 0 Å². The second-order valence-corrected chi connectivity index (χ2v) is 3.17. The van der Waals surface area contributed by atoms with Crippen molar-refractivity contribution >= 4 is 12.6 Å². The maximum absolute atomic E-state index is 4.22. The second kappa shape index (κ2) is 4.21. The van der Waals surface area contributed by atoms with E-state index in [1.54, 1.807) is 0 Å². The van der Waals surface area contributed by atoms with Crippen molar-refractivity contribution in [1.82, 2.24) is 10.6 Å². The lowest BCUT2D eigenvalue weighted by Gasteiger charge is -2.29. The number of thiol groups is 1. The van der Waals surface area contributed by atoms with Gasteiger partial charge in [0, 0.05) is 30.9 Å². The van der Waals surface area contributed by atoms with Crippen LogP contribution in [-0.2, 0) is 0 Å². The third-order valence-electron chi connectivity index (χ3n) is 2.02. The monoisotopic (exact) mass is 160 g/mol. The van der Waals surface area contributed by atoms with Crippen LogP contribution in [0.5, 0.6) is 0 Å². The summed E-state index contributed by atoms with van der Waals surface area (Å²) in [5, 5.41) is 6.89. The fraction of sp³-hybridized carbons (Fsp3) is 1.00. The summed E-state index contributed by atoms with van der Waals surface area (Å²) in [5.41, 5.74) is 0. The summed E-state index contributed by atoms with van der Waals surface area (Å²) in [6, 6.07) is 1.25. The summed E-state index contributed by atoms with van der Waals surface area (Å²) >= 11 is 4.22. The zero-order valence-electron chi connectivity index (χ0n) is 6.43. The predicted octanol–water partition coefficient (Wildman–Crippen LogP) is 0.256. The molecule has 0 aliphatic carbocycles. The Balaban J connectivity index is 2.17. The third kappa shape index (κ3) is 2.15. The SMILES string of the molecule is CC[C@H]1CN[C@H](CS)CN1. The predicted molar refractivity (Wildman–Crippen MR) is 47.7 cm³/mol. The van der Waals surface area contributed by atoms with Crippen LogP contribution >= 0.6 is 12.6 Å². The van der Waals surface area contributed by atoms with Gasteiger partial charge in [0.1, 0.15) is 0 Å². The molecule has 0 aromatic rings. The smallest absolute Gasteiger partial charge is 0.0281 e. The van der Waals surface area contributed by atoms with Crippen molar-refractivity contribution in [3.8, 4) is 0 Å². The summed E-state index contributed by atoms with van der Waals surface area (Å²) in [5.74, 6) is 0.934. The van der Waals surface area contributed by atoms with Crippen molar-refractivity contribution in [1.29, 1.82) is 0 Å². The molecule has 10 heavy (non-hydrogen) atoms.